The second-order valence-electron chi connectivity index (χ2n) is 6.57. The molecule has 0 atom stereocenters. The van der Waals surface area contributed by atoms with Gasteiger partial charge in [0, 0.05) is 12.1 Å². The van der Waals surface area contributed by atoms with Gasteiger partial charge in [0.1, 0.15) is 34.7 Å². The van der Waals surface area contributed by atoms with E-state index < -0.39 is 11.6 Å². The van der Waals surface area contributed by atoms with Crippen LogP contribution >= 0.6 is 0 Å². The smallest absolute Gasteiger partial charge is 0.270 e. The van der Waals surface area contributed by atoms with Crippen LogP contribution in [-0.2, 0) is 0 Å². The average Bonchev–Trinajstić information content (AvgIpc) is 2.86. The molecule has 0 unspecified atom stereocenters. The molecule has 2 N–H and O–H groups in total. The summed E-state index contributed by atoms with van der Waals surface area (Å²) in [6.45, 7) is 1.63. The lowest BCUT2D eigenvalue weighted by Gasteiger charge is -2.16. The van der Waals surface area contributed by atoms with Crippen molar-refractivity contribution in [3.05, 3.63) is 47.4 Å². The largest absolute Gasteiger partial charge is 0.348 e. The molecule has 7 heteroatoms. The summed E-state index contributed by atoms with van der Waals surface area (Å²) in [4.78, 5) is 20.8. The first-order valence-corrected chi connectivity index (χ1v) is 8.90. The maximum atomic E-state index is 13.8. The van der Waals surface area contributed by atoms with Gasteiger partial charge in [-0.1, -0.05) is 31.7 Å². The van der Waals surface area contributed by atoms with Crippen LogP contribution in [-0.4, -0.2) is 21.9 Å². The maximum Gasteiger partial charge on any atom is 0.270 e. The molecule has 0 spiro atoms. The zero-order chi connectivity index (χ0) is 18.5. The summed E-state index contributed by atoms with van der Waals surface area (Å²) in [5, 5.41) is 5.62. The first-order valence-electron chi connectivity index (χ1n) is 8.90. The predicted octanol–water partition coefficient (Wildman–Crippen LogP) is 4.26. The van der Waals surface area contributed by atoms with Gasteiger partial charge < -0.3 is 10.6 Å². The van der Waals surface area contributed by atoms with Crippen molar-refractivity contribution in [1.29, 1.82) is 0 Å². The van der Waals surface area contributed by atoms with E-state index in [0.717, 1.165) is 37.8 Å². The third kappa shape index (κ3) is 4.53. The molecule has 5 nitrogen and oxygen atoms in total. The van der Waals surface area contributed by atoms with E-state index >= 15 is 0 Å². The number of amides is 1. The molecule has 1 amide bonds. The van der Waals surface area contributed by atoms with Crippen LogP contribution in [0, 0.1) is 18.6 Å². The van der Waals surface area contributed by atoms with E-state index in [2.05, 4.69) is 20.6 Å². The van der Waals surface area contributed by atoms with Crippen LogP contribution in [0.25, 0.3) is 0 Å². The van der Waals surface area contributed by atoms with Crippen LogP contribution in [0.1, 0.15) is 54.8 Å². The number of rotatable bonds is 4. The Morgan fingerprint density at radius 1 is 1.08 bits per heavy atom. The SMILES string of the molecule is Cc1nc(Nc2c(F)cccc2F)cc(C(=O)NC2CCCCCC2)n1. The van der Waals surface area contributed by atoms with Gasteiger partial charge in [-0.3, -0.25) is 4.79 Å². The molecule has 2 aromatic rings. The molecule has 1 aromatic carbocycles. The summed E-state index contributed by atoms with van der Waals surface area (Å²) in [7, 11) is 0. The van der Waals surface area contributed by atoms with Crippen molar-refractivity contribution < 1.29 is 13.6 Å². The summed E-state index contributed by atoms with van der Waals surface area (Å²) in [5.41, 5.74) is -0.123. The number of benzene rings is 1. The van der Waals surface area contributed by atoms with Gasteiger partial charge in [-0.15, -0.1) is 0 Å². The summed E-state index contributed by atoms with van der Waals surface area (Å²) < 4.78 is 27.6. The topological polar surface area (TPSA) is 66.9 Å². The third-order valence-corrected chi connectivity index (χ3v) is 4.48. The van der Waals surface area contributed by atoms with Gasteiger partial charge >= 0.3 is 0 Å². The molecule has 1 aliphatic rings. The Hall–Kier alpha value is -2.57. The fourth-order valence-electron chi connectivity index (χ4n) is 3.18. The maximum absolute atomic E-state index is 13.8. The summed E-state index contributed by atoms with van der Waals surface area (Å²) in [6.07, 6.45) is 6.52. The minimum absolute atomic E-state index is 0.140. The van der Waals surface area contributed by atoms with E-state index in [4.69, 9.17) is 0 Å². The molecule has 1 saturated carbocycles. The lowest BCUT2D eigenvalue weighted by Crippen LogP contribution is -2.35. The van der Waals surface area contributed by atoms with Gasteiger partial charge in [-0.25, -0.2) is 18.7 Å². The highest BCUT2D eigenvalue weighted by Gasteiger charge is 2.18. The van der Waals surface area contributed by atoms with Crippen molar-refractivity contribution in [2.24, 2.45) is 0 Å². The van der Waals surface area contributed by atoms with Crippen molar-refractivity contribution in [1.82, 2.24) is 15.3 Å². The van der Waals surface area contributed by atoms with Crippen molar-refractivity contribution >= 4 is 17.4 Å². The minimum atomic E-state index is -0.731. The van der Waals surface area contributed by atoms with Crippen LogP contribution in [0.4, 0.5) is 20.3 Å². The molecule has 0 radical (unpaired) electrons. The summed E-state index contributed by atoms with van der Waals surface area (Å²) in [5.74, 6) is -1.24. The zero-order valence-corrected chi connectivity index (χ0v) is 14.7. The lowest BCUT2D eigenvalue weighted by molar-refractivity contribution is 0.0928. The van der Waals surface area contributed by atoms with Crippen molar-refractivity contribution in [3.63, 3.8) is 0 Å². The molecule has 1 fully saturated rings. The highest BCUT2D eigenvalue weighted by Crippen LogP contribution is 2.23. The van der Waals surface area contributed by atoms with Crippen LogP contribution in [0.2, 0.25) is 0 Å². The minimum Gasteiger partial charge on any atom is -0.348 e. The standard InChI is InChI=1S/C19H22F2N4O/c1-12-22-16(19(26)24-13-7-4-2-3-5-8-13)11-17(23-12)25-18-14(20)9-6-10-15(18)21/h6,9-11,13H,2-5,7-8H2,1H3,(H,24,26)(H,22,23,25). The van der Waals surface area contributed by atoms with Gasteiger partial charge in [0.25, 0.3) is 5.91 Å². The lowest BCUT2D eigenvalue weighted by atomic mass is 10.1. The number of para-hydroxylation sites is 1. The number of nitrogens with zero attached hydrogens (tertiary/aromatic N) is 2. The van der Waals surface area contributed by atoms with Crippen molar-refractivity contribution in [2.75, 3.05) is 5.32 Å². The number of carbonyl (C=O) groups excluding carboxylic acids is 1. The first kappa shape index (κ1) is 18.2. The van der Waals surface area contributed by atoms with Crippen LogP contribution < -0.4 is 10.6 Å². The average molecular weight is 360 g/mol. The van der Waals surface area contributed by atoms with E-state index in [-0.39, 0.29) is 29.1 Å². The number of hydrogen-bond acceptors (Lipinski definition) is 4. The molecule has 1 aliphatic carbocycles. The quantitative estimate of drug-likeness (QED) is 0.800. The zero-order valence-electron chi connectivity index (χ0n) is 14.7. The number of aromatic nitrogens is 2. The van der Waals surface area contributed by atoms with E-state index in [9.17, 15) is 13.6 Å². The molecule has 138 valence electrons. The molecule has 26 heavy (non-hydrogen) atoms. The Morgan fingerprint density at radius 2 is 1.73 bits per heavy atom. The number of anilines is 2. The molecular formula is C19H22F2N4O. The number of carbonyl (C=O) groups is 1. The van der Waals surface area contributed by atoms with E-state index in [1.54, 1.807) is 6.92 Å². The Morgan fingerprint density at radius 3 is 2.38 bits per heavy atom. The Balaban J connectivity index is 1.77. The molecular weight excluding hydrogens is 338 g/mol. The van der Waals surface area contributed by atoms with Crippen LogP contribution in [0.5, 0.6) is 0 Å². The third-order valence-electron chi connectivity index (χ3n) is 4.48. The number of aryl methyl sites for hydroxylation is 1. The Labute approximate surface area is 151 Å². The van der Waals surface area contributed by atoms with Crippen molar-refractivity contribution in [3.8, 4) is 0 Å². The Kier molecular flexibility index (Phi) is 5.75. The summed E-state index contributed by atoms with van der Waals surface area (Å²) in [6, 6.07) is 5.14. The fraction of sp³-hybridized carbons (Fsp3) is 0.421. The van der Waals surface area contributed by atoms with Crippen LogP contribution in [0.15, 0.2) is 24.3 Å². The molecule has 3 rings (SSSR count). The monoisotopic (exact) mass is 360 g/mol. The van der Waals surface area contributed by atoms with Gasteiger partial charge in [-0.05, 0) is 31.9 Å². The highest BCUT2D eigenvalue weighted by atomic mass is 19.1. The van der Waals surface area contributed by atoms with E-state index in [0.29, 0.717) is 5.82 Å². The molecule has 1 heterocycles. The van der Waals surface area contributed by atoms with Gasteiger partial charge in [0.05, 0.1) is 0 Å². The van der Waals surface area contributed by atoms with E-state index in [1.807, 2.05) is 0 Å². The van der Waals surface area contributed by atoms with Gasteiger partial charge in [0.2, 0.25) is 0 Å². The Bertz CT molecular complexity index is 769. The van der Waals surface area contributed by atoms with Gasteiger partial charge in [0.15, 0.2) is 0 Å². The van der Waals surface area contributed by atoms with E-state index in [1.165, 1.54) is 25.0 Å². The van der Waals surface area contributed by atoms with Gasteiger partial charge in [-0.2, -0.15) is 0 Å². The molecule has 1 aromatic heterocycles. The normalized spacial score (nSPS) is 15.3. The van der Waals surface area contributed by atoms with Crippen molar-refractivity contribution in [2.45, 2.75) is 51.5 Å². The molecule has 0 bridgehead atoms. The summed E-state index contributed by atoms with van der Waals surface area (Å²) >= 11 is 0. The first-order chi connectivity index (χ1) is 12.5. The number of nitrogens with one attached hydrogen (secondary N) is 2. The van der Waals surface area contributed by atoms with Crippen LogP contribution in [0.3, 0.4) is 0 Å². The highest BCUT2D eigenvalue weighted by molar-refractivity contribution is 5.93. The fourth-order valence-corrected chi connectivity index (χ4v) is 3.18. The predicted molar refractivity (Wildman–Crippen MR) is 95.4 cm³/mol. The number of hydrogen-bond donors (Lipinski definition) is 2. The second-order valence-corrected chi connectivity index (χ2v) is 6.57. The molecule has 0 saturated heterocycles. The second kappa shape index (κ2) is 8.21. The number of halogens is 2. The molecule has 0 aliphatic heterocycles.